The molecule has 0 aliphatic carbocycles. The number of rotatable bonds is 7. The largest absolute Gasteiger partial charge is 0.377 e. The van der Waals surface area contributed by atoms with E-state index in [1.54, 1.807) is 18.2 Å². The first kappa shape index (κ1) is 13.6. The maximum atomic E-state index is 10.8. The van der Waals surface area contributed by atoms with Gasteiger partial charge in [0.15, 0.2) is 0 Å². The van der Waals surface area contributed by atoms with Crippen molar-refractivity contribution in [2.45, 2.75) is 19.4 Å². The van der Waals surface area contributed by atoms with Crippen molar-refractivity contribution >= 4 is 5.69 Å². The van der Waals surface area contributed by atoms with Crippen LogP contribution in [0.3, 0.4) is 0 Å². The minimum absolute atomic E-state index is 0.114. The van der Waals surface area contributed by atoms with Crippen LogP contribution in [0.4, 0.5) is 5.69 Å². The van der Waals surface area contributed by atoms with Gasteiger partial charge in [0.05, 0.1) is 17.6 Å². The Bertz CT molecular complexity index is 369. The quantitative estimate of drug-likeness (QED) is 0.580. The van der Waals surface area contributed by atoms with Gasteiger partial charge in [0.1, 0.15) is 0 Å². The number of nitro benzene ring substituents is 1. The molecule has 0 aliphatic heterocycles. The molecule has 0 saturated carbocycles. The van der Waals surface area contributed by atoms with Gasteiger partial charge in [-0.1, -0.05) is 18.2 Å². The Morgan fingerprint density at radius 3 is 2.82 bits per heavy atom. The summed E-state index contributed by atoms with van der Waals surface area (Å²) in [6, 6.07) is 6.77. The summed E-state index contributed by atoms with van der Waals surface area (Å²) in [5, 5.41) is 13.8. The SMILES string of the molecule is CNCC(C)OCCc1ccccc1[N+](=O)[O-]. The first-order valence-corrected chi connectivity index (χ1v) is 5.63. The molecule has 0 bridgehead atoms. The van der Waals surface area contributed by atoms with Gasteiger partial charge in [-0.2, -0.15) is 0 Å². The molecule has 1 aromatic rings. The highest BCUT2D eigenvalue weighted by atomic mass is 16.6. The average molecular weight is 238 g/mol. The van der Waals surface area contributed by atoms with Crippen molar-refractivity contribution in [2.75, 3.05) is 20.2 Å². The summed E-state index contributed by atoms with van der Waals surface area (Å²) >= 11 is 0. The number of benzene rings is 1. The molecule has 5 heteroatoms. The normalized spacial score (nSPS) is 12.4. The maximum absolute atomic E-state index is 10.8. The van der Waals surface area contributed by atoms with Crippen molar-refractivity contribution in [3.8, 4) is 0 Å². The third kappa shape index (κ3) is 4.50. The Morgan fingerprint density at radius 1 is 1.47 bits per heavy atom. The monoisotopic (exact) mass is 238 g/mol. The van der Waals surface area contributed by atoms with Gasteiger partial charge in [-0.25, -0.2) is 0 Å². The Morgan fingerprint density at radius 2 is 2.18 bits per heavy atom. The van der Waals surface area contributed by atoms with Crippen molar-refractivity contribution in [3.05, 3.63) is 39.9 Å². The summed E-state index contributed by atoms with van der Waals surface area (Å²) in [5.41, 5.74) is 0.881. The van der Waals surface area contributed by atoms with E-state index in [-0.39, 0.29) is 16.7 Å². The third-order valence-corrected chi connectivity index (χ3v) is 2.45. The molecule has 1 atom stereocenters. The van der Waals surface area contributed by atoms with Crippen LogP contribution < -0.4 is 5.32 Å². The van der Waals surface area contributed by atoms with Gasteiger partial charge in [-0.3, -0.25) is 10.1 Å². The molecule has 1 rings (SSSR count). The van der Waals surface area contributed by atoms with Crippen molar-refractivity contribution in [3.63, 3.8) is 0 Å². The van der Waals surface area contributed by atoms with Crippen molar-refractivity contribution in [1.82, 2.24) is 5.32 Å². The summed E-state index contributed by atoms with van der Waals surface area (Å²) in [4.78, 5) is 10.4. The molecule has 0 aromatic heterocycles. The number of ether oxygens (including phenoxy) is 1. The zero-order chi connectivity index (χ0) is 12.7. The van der Waals surface area contributed by atoms with Crippen LogP contribution in [0.15, 0.2) is 24.3 Å². The van der Waals surface area contributed by atoms with E-state index < -0.39 is 0 Å². The van der Waals surface area contributed by atoms with Crippen molar-refractivity contribution in [2.24, 2.45) is 0 Å². The van der Waals surface area contributed by atoms with Crippen LogP contribution in [-0.4, -0.2) is 31.2 Å². The van der Waals surface area contributed by atoms with Crippen LogP contribution in [0.1, 0.15) is 12.5 Å². The summed E-state index contributed by atoms with van der Waals surface area (Å²) in [7, 11) is 1.86. The molecule has 1 N–H and O–H groups in total. The lowest BCUT2D eigenvalue weighted by molar-refractivity contribution is -0.385. The maximum Gasteiger partial charge on any atom is 0.272 e. The van der Waals surface area contributed by atoms with E-state index in [1.165, 1.54) is 6.07 Å². The van der Waals surface area contributed by atoms with Gasteiger partial charge in [0, 0.05) is 24.6 Å². The number of nitrogens with zero attached hydrogens (tertiary/aromatic N) is 1. The number of hydrogen-bond donors (Lipinski definition) is 1. The molecule has 0 radical (unpaired) electrons. The van der Waals surface area contributed by atoms with Crippen LogP contribution in [0, 0.1) is 10.1 Å². The smallest absolute Gasteiger partial charge is 0.272 e. The van der Waals surface area contributed by atoms with Crippen molar-refractivity contribution in [1.29, 1.82) is 0 Å². The third-order valence-electron chi connectivity index (χ3n) is 2.45. The van der Waals surface area contributed by atoms with E-state index in [0.29, 0.717) is 18.6 Å². The number of likely N-dealkylation sites (N-methyl/N-ethyl adjacent to an activating group) is 1. The Balaban J connectivity index is 2.49. The van der Waals surface area contributed by atoms with E-state index in [2.05, 4.69) is 5.32 Å². The molecule has 0 heterocycles. The fourth-order valence-corrected chi connectivity index (χ4v) is 1.62. The Hall–Kier alpha value is -1.46. The molecule has 1 aromatic carbocycles. The molecule has 0 aliphatic rings. The second-order valence-corrected chi connectivity index (χ2v) is 3.87. The highest BCUT2D eigenvalue weighted by molar-refractivity contribution is 5.39. The van der Waals surface area contributed by atoms with E-state index in [1.807, 2.05) is 14.0 Å². The lowest BCUT2D eigenvalue weighted by Crippen LogP contribution is -2.24. The summed E-state index contributed by atoms with van der Waals surface area (Å²) in [6.07, 6.45) is 0.674. The lowest BCUT2D eigenvalue weighted by Gasteiger charge is -2.12. The number of hydrogen-bond acceptors (Lipinski definition) is 4. The molecule has 0 fully saturated rings. The molecule has 17 heavy (non-hydrogen) atoms. The Labute approximate surface area is 101 Å². The molecule has 0 spiro atoms. The number of para-hydroxylation sites is 1. The van der Waals surface area contributed by atoms with Crippen LogP contribution in [0.25, 0.3) is 0 Å². The molecule has 0 saturated heterocycles. The predicted octanol–water partition coefficient (Wildman–Crippen LogP) is 1.76. The molecular weight excluding hydrogens is 220 g/mol. The highest BCUT2D eigenvalue weighted by Crippen LogP contribution is 2.18. The Kier molecular flexibility index (Phi) is 5.59. The first-order chi connectivity index (χ1) is 8.15. The number of nitro groups is 1. The van der Waals surface area contributed by atoms with Crippen molar-refractivity contribution < 1.29 is 9.66 Å². The first-order valence-electron chi connectivity index (χ1n) is 5.63. The zero-order valence-corrected chi connectivity index (χ0v) is 10.2. The van der Waals surface area contributed by atoms with Gasteiger partial charge < -0.3 is 10.1 Å². The molecular formula is C12H18N2O3. The minimum atomic E-state index is -0.355. The summed E-state index contributed by atoms with van der Waals surface area (Å²) in [6.45, 7) is 3.24. The van der Waals surface area contributed by atoms with Gasteiger partial charge >= 0.3 is 0 Å². The predicted molar refractivity (Wildman–Crippen MR) is 66.1 cm³/mol. The van der Waals surface area contributed by atoms with E-state index >= 15 is 0 Å². The minimum Gasteiger partial charge on any atom is -0.377 e. The average Bonchev–Trinajstić information content (AvgIpc) is 2.30. The van der Waals surface area contributed by atoms with Gasteiger partial charge in [0.25, 0.3) is 5.69 Å². The molecule has 5 nitrogen and oxygen atoms in total. The van der Waals surface area contributed by atoms with Crippen LogP contribution >= 0.6 is 0 Å². The highest BCUT2D eigenvalue weighted by Gasteiger charge is 2.12. The van der Waals surface area contributed by atoms with Gasteiger partial charge in [-0.15, -0.1) is 0 Å². The molecule has 1 unspecified atom stereocenters. The fraction of sp³-hybridized carbons (Fsp3) is 0.500. The van der Waals surface area contributed by atoms with Crippen LogP contribution in [0.5, 0.6) is 0 Å². The second kappa shape index (κ2) is 6.98. The number of nitrogens with one attached hydrogen (secondary N) is 1. The van der Waals surface area contributed by atoms with Gasteiger partial charge in [0.2, 0.25) is 0 Å². The summed E-state index contributed by atoms with van der Waals surface area (Å²) < 4.78 is 5.54. The van der Waals surface area contributed by atoms with E-state index in [9.17, 15) is 10.1 Å². The van der Waals surface area contributed by atoms with Crippen LogP contribution in [0.2, 0.25) is 0 Å². The summed E-state index contributed by atoms with van der Waals surface area (Å²) in [5.74, 6) is 0. The van der Waals surface area contributed by atoms with Crippen LogP contribution in [-0.2, 0) is 11.2 Å². The van der Waals surface area contributed by atoms with E-state index in [0.717, 1.165) is 6.54 Å². The second-order valence-electron chi connectivity index (χ2n) is 3.87. The topological polar surface area (TPSA) is 64.4 Å². The molecule has 0 amide bonds. The lowest BCUT2D eigenvalue weighted by atomic mass is 10.1. The van der Waals surface area contributed by atoms with Gasteiger partial charge in [-0.05, 0) is 14.0 Å². The standard InChI is InChI=1S/C12H18N2O3/c1-10(9-13-2)17-8-7-11-5-3-4-6-12(11)14(15)16/h3-6,10,13H,7-9H2,1-2H3. The van der Waals surface area contributed by atoms with E-state index in [4.69, 9.17) is 4.74 Å². The zero-order valence-electron chi connectivity index (χ0n) is 10.2. The molecule has 94 valence electrons. The fourth-order valence-electron chi connectivity index (χ4n) is 1.62.